The van der Waals surface area contributed by atoms with Crippen LogP contribution in [0, 0.1) is 0 Å². The third-order valence-electron chi connectivity index (χ3n) is 0.898. The zero-order chi connectivity index (χ0) is 17.4. The second-order valence-electron chi connectivity index (χ2n) is 6.04. The van der Waals surface area contributed by atoms with Crippen LogP contribution in [0.25, 0.3) is 0 Å². The van der Waals surface area contributed by atoms with Gasteiger partial charge in [0, 0.05) is 71.0 Å². The summed E-state index contributed by atoms with van der Waals surface area (Å²) < 4.78 is 0. The second kappa shape index (κ2) is 21.6. The van der Waals surface area contributed by atoms with Gasteiger partial charge >= 0.3 is 26.1 Å². The zero-order valence-electron chi connectivity index (χ0n) is 15.5. The van der Waals surface area contributed by atoms with Crippen LogP contribution >= 0.6 is 23.8 Å². The summed E-state index contributed by atoms with van der Waals surface area (Å²) >= 11 is 0. The zero-order valence-corrected chi connectivity index (χ0v) is 20.9. The minimum absolute atomic E-state index is 0. The fourth-order valence-electron chi connectivity index (χ4n) is 0.497. The van der Waals surface area contributed by atoms with Crippen LogP contribution in [0.2, 0.25) is 0 Å². The Morgan fingerprint density at radius 3 is 1.32 bits per heavy atom. The molecule has 0 aliphatic heterocycles. The average Bonchev–Trinajstić information content (AvgIpc) is 2.27. The van der Waals surface area contributed by atoms with Gasteiger partial charge in [0.05, 0.1) is 0 Å². The maximum Gasteiger partial charge on any atom is 3.00 e. The molecule has 1 aromatic rings. The van der Waals surface area contributed by atoms with E-state index >= 15 is 0 Å². The summed E-state index contributed by atoms with van der Waals surface area (Å²) in [5.41, 5.74) is 0.192. The quantitative estimate of drug-likeness (QED) is 0.401. The first-order chi connectivity index (χ1) is 9.50. The third-order valence-corrected chi connectivity index (χ3v) is 0.898. The standard InChI is InChI=1S/C6H5NO2.3C3H9P.Ir/c8-6(9)5-3-1-2-4-7-5;3*1-4(2)3;/h1-4H,(H,8,9);3*1-3H3;/q;;;;+3/p+4. The summed E-state index contributed by atoms with van der Waals surface area (Å²) in [4.78, 5) is 13.9. The van der Waals surface area contributed by atoms with Crippen LogP contribution in [0.15, 0.2) is 24.4 Å². The van der Waals surface area contributed by atoms with Crippen molar-refractivity contribution in [1.29, 1.82) is 0 Å². The Kier molecular flexibility index (Phi) is 29.8. The molecule has 0 radical (unpaired) electrons. The van der Waals surface area contributed by atoms with Gasteiger partial charge in [0.2, 0.25) is 5.69 Å². The monoisotopic (exact) mass is 548 g/mol. The first kappa shape index (κ1) is 30.4. The Morgan fingerprint density at radius 1 is 0.864 bits per heavy atom. The third kappa shape index (κ3) is 49.9. The van der Waals surface area contributed by atoms with E-state index in [9.17, 15) is 4.79 Å². The molecule has 0 aliphatic carbocycles. The van der Waals surface area contributed by atoms with E-state index in [1.807, 2.05) is 0 Å². The normalized spacial score (nSPS) is 8.55. The van der Waals surface area contributed by atoms with Crippen molar-refractivity contribution in [3.8, 4) is 0 Å². The molecule has 2 N–H and O–H groups in total. The minimum Gasteiger partial charge on any atom is -0.560 e. The van der Waals surface area contributed by atoms with E-state index in [4.69, 9.17) is 5.11 Å². The fraction of sp³-hybridized carbons (Fsp3) is 0.600. The molecule has 22 heavy (non-hydrogen) atoms. The van der Waals surface area contributed by atoms with Crippen LogP contribution in [0.1, 0.15) is 10.5 Å². The van der Waals surface area contributed by atoms with Crippen molar-refractivity contribution in [1.82, 2.24) is 4.98 Å². The van der Waals surface area contributed by atoms with Gasteiger partial charge in [-0.05, 0) is 35.9 Å². The molecule has 0 unspecified atom stereocenters. The number of aromatic nitrogens is 1. The fourth-order valence-corrected chi connectivity index (χ4v) is 0.497. The molecule has 130 valence electrons. The molecule has 3 nitrogen and oxygen atoms in total. The number of nitrogens with zero attached hydrogens (tertiary/aromatic N) is 1. The summed E-state index contributed by atoms with van der Waals surface area (Å²) in [6.07, 6.45) is 1.49. The van der Waals surface area contributed by atoms with Gasteiger partial charge in [-0.2, -0.15) is 0 Å². The Labute approximate surface area is 154 Å². The largest absolute Gasteiger partial charge is 3.00 e. The SMILES string of the molecule is C[PH+](C)C.C[PH+](C)C.C[PH+](C)C.O=C([OH2+])c1ccccn1.[Ir+3]. The number of rotatable bonds is 1. The van der Waals surface area contributed by atoms with Crippen molar-refractivity contribution in [3.05, 3.63) is 30.1 Å². The van der Waals surface area contributed by atoms with Crippen molar-refractivity contribution in [3.63, 3.8) is 0 Å². The molecule has 0 spiro atoms. The van der Waals surface area contributed by atoms with Gasteiger partial charge in [-0.1, -0.05) is 6.07 Å². The molecular weight excluding hydrogens is 511 g/mol. The topological polar surface area (TPSA) is 52.9 Å². The molecule has 1 rings (SSSR count). The summed E-state index contributed by atoms with van der Waals surface area (Å²) in [5.74, 6) is -0.740. The first-order valence-electron chi connectivity index (χ1n) is 6.97. The molecule has 0 bridgehead atoms. The van der Waals surface area contributed by atoms with Gasteiger partial charge < -0.3 is 5.11 Å². The van der Waals surface area contributed by atoms with Crippen LogP contribution in [0.5, 0.6) is 0 Å². The van der Waals surface area contributed by atoms with E-state index in [0.717, 1.165) is 0 Å². The van der Waals surface area contributed by atoms with Crippen LogP contribution in [-0.4, -0.2) is 76.0 Å². The van der Waals surface area contributed by atoms with Gasteiger partial charge in [-0.3, -0.25) is 0 Å². The van der Waals surface area contributed by atoms with E-state index in [-0.39, 0.29) is 49.6 Å². The molecule has 0 atom stereocenters. The summed E-state index contributed by atoms with van der Waals surface area (Å²) in [6.45, 7) is 20.4. The van der Waals surface area contributed by atoms with E-state index in [2.05, 4.69) is 65.0 Å². The van der Waals surface area contributed by atoms with Gasteiger partial charge in [-0.15, -0.1) is 0 Å². The molecule has 0 saturated carbocycles. The van der Waals surface area contributed by atoms with Crippen LogP contribution < -0.4 is 0 Å². The average molecular weight is 548 g/mol. The van der Waals surface area contributed by atoms with E-state index in [1.165, 1.54) is 12.3 Å². The Hall–Kier alpha value is 0.559. The van der Waals surface area contributed by atoms with Crippen LogP contribution in [0.3, 0.4) is 0 Å². The number of hydrogen-bond donors (Lipinski definition) is 0. The summed E-state index contributed by atoms with van der Waals surface area (Å²) in [6, 6.07) is 4.89. The second-order valence-corrected chi connectivity index (χ2v) is 15.0. The molecule has 0 aliphatic rings. The Bertz CT molecular complexity index is 314. The number of carbonyl (C=O) groups excluding carboxylic acids is 1. The Balaban J connectivity index is -0.000000107. The van der Waals surface area contributed by atoms with Gasteiger partial charge in [0.1, 0.15) is 0 Å². The summed E-state index contributed by atoms with van der Waals surface area (Å²) in [5, 5.41) is 6.62. The number of pyridine rings is 1. The predicted molar refractivity (Wildman–Crippen MR) is 110 cm³/mol. The molecule has 7 heteroatoms. The van der Waals surface area contributed by atoms with Crippen molar-refractivity contribution in [2.75, 3.05) is 60.0 Å². The molecule has 1 heterocycles. The van der Waals surface area contributed by atoms with E-state index in [1.54, 1.807) is 12.1 Å². The molecular formula is C15H36IrNO2P3+7. The van der Waals surface area contributed by atoms with Crippen molar-refractivity contribution in [2.24, 2.45) is 0 Å². The van der Waals surface area contributed by atoms with Crippen LogP contribution in [0.4, 0.5) is 0 Å². The Morgan fingerprint density at radius 2 is 1.18 bits per heavy atom. The van der Waals surface area contributed by atoms with Crippen LogP contribution in [-0.2, 0) is 20.1 Å². The molecule has 1 aromatic heterocycles. The van der Waals surface area contributed by atoms with Crippen molar-refractivity contribution >= 4 is 29.7 Å². The minimum atomic E-state index is -0.740. The molecule has 0 fully saturated rings. The number of hydrogen-bond acceptors (Lipinski definition) is 2. The molecule has 0 amide bonds. The van der Waals surface area contributed by atoms with Crippen molar-refractivity contribution < 1.29 is 30.0 Å². The van der Waals surface area contributed by atoms with Crippen molar-refractivity contribution in [2.45, 2.75) is 0 Å². The molecule has 0 aromatic carbocycles. The smallest absolute Gasteiger partial charge is 0.560 e. The maximum absolute atomic E-state index is 10.2. The first-order valence-corrected chi connectivity index (χ1v) is 16.0. The van der Waals surface area contributed by atoms with E-state index < -0.39 is 5.97 Å². The van der Waals surface area contributed by atoms with Gasteiger partial charge in [0.25, 0.3) is 0 Å². The van der Waals surface area contributed by atoms with Gasteiger partial charge in [-0.25, -0.2) is 4.98 Å². The number of carbonyl (C=O) groups is 1. The molecule has 0 saturated heterocycles. The maximum atomic E-state index is 10.2. The summed E-state index contributed by atoms with van der Waals surface area (Å²) in [7, 11) is 0.361. The van der Waals surface area contributed by atoms with Gasteiger partial charge in [0.15, 0.2) is 0 Å². The van der Waals surface area contributed by atoms with E-state index in [0.29, 0.717) is 0 Å². The predicted octanol–water partition coefficient (Wildman–Crippen LogP) is 3.21.